The lowest BCUT2D eigenvalue weighted by molar-refractivity contribution is -0.0504. The maximum atomic E-state index is 13.9. The molecule has 1 fully saturated rings. The number of alkyl halides is 2. The maximum Gasteiger partial charge on any atom is 0.387 e. The molecule has 2 aromatic carbocycles. The summed E-state index contributed by atoms with van der Waals surface area (Å²) in [5, 5.41) is 6.30. The molecule has 2 N–H and O–H groups in total. The number of nitrogens with one attached hydrogen (secondary N) is 2. The van der Waals surface area contributed by atoms with Gasteiger partial charge in [0.2, 0.25) is 0 Å². The molecule has 0 heterocycles. The van der Waals surface area contributed by atoms with Crippen LogP contribution in [0.2, 0.25) is 0 Å². The van der Waals surface area contributed by atoms with Crippen LogP contribution in [0.15, 0.2) is 47.5 Å². The minimum absolute atomic E-state index is 0.0604. The first kappa shape index (κ1) is 19.9. The minimum atomic E-state index is -2.92. The van der Waals surface area contributed by atoms with Crippen molar-refractivity contribution >= 4 is 5.96 Å². The average molecular weight is 393 g/mol. The number of benzene rings is 2. The lowest BCUT2D eigenvalue weighted by atomic mass is 10.1. The number of aliphatic imine (C=N–C) groups is 1. The van der Waals surface area contributed by atoms with Crippen LogP contribution in [-0.4, -0.2) is 32.8 Å². The van der Waals surface area contributed by atoms with Crippen LogP contribution >= 0.6 is 0 Å². The molecule has 1 aliphatic carbocycles. The van der Waals surface area contributed by atoms with Gasteiger partial charge in [0, 0.05) is 31.1 Å². The molecular weight excluding hydrogens is 371 g/mol. The molecule has 2 unspecified atom stereocenters. The van der Waals surface area contributed by atoms with Gasteiger partial charge in [-0.25, -0.2) is 4.39 Å². The Morgan fingerprint density at radius 2 is 2.04 bits per heavy atom. The molecular formula is C20H22F3N3O2. The van der Waals surface area contributed by atoms with Crippen molar-refractivity contribution in [1.29, 1.82) is 0 Å². The van der Waals surface area contributed by atoms with Gasteiger partial charge in [0.05, 0.1) is 7.11 Å². The Kier molecular flexibility index (Phi) is 6.28. The first-order valence-corrected chi connectivity index (χ1v) is 8.85. The molecule has 2 aromatic rings. The van der Waals surface area contributed by atoms with Gasteiger partial charge in [0.15, 0.2) is 5.96 Å². The van der Waals surface area contributed by atoms with E-state index in [0.717, 1.165) is 6.42 Å². The molecule has 0 saturated heterocycles. The molecule has 5 nitrogen and oxygen atoms in total. The van der Waals surface area contributed by atoms with Gasteiger partial charge in [-0.15, -0.1) is 0 Å². The quantitative estimate of drug-likeness (QED) is 0.557. The second kappa shape index (κ2) is 8.86. The fraction of sp³-hybridized carbons (Fsp3) is 0.350. The van der Waals surface area contributed by atoms with Crippen molar-refractivity contribution in [1.82, 2.24) is 10.6 Å². The third-order valence-electron chi connectivity index (χ3n) is 4.57. The van der Waals surface area contributed by atoms with Crippen molar-refractivity contribution < 1.29 is 22.6 Å². The highest BCUT2D eigenvalue weighted by Crippen LogP contribution is 2.41. The molecule has 8 heteroatoms. The van der Waals surface area contributed by atoms with Gasteiger partial charge in [0.25, 0.3) is 0 Å². The second-order valence-electron chi connectivity index (χ2n) is 6.39. The van der Waals surface area contributed by atoms with Crippen molar-refractivity contribution in [3.05, 3.63) is 59.4 Å². The van der Waals surface area contributed by atoms with Crippen LogP contribution < -0.4 is 20.1 Å². The van der Waals surface area contributed by atoms with Gasteiger partial charge < -0.3 is 20.1 Å². The van der Waals surface area contributed by atoms with E-state index in [2.05, 4.69) is 20.4 Å². The molecule has 0 aliphatic heterocycles. The first-order valence-electron chi connectivity index (χ1n) is 8.85. The Labute approximate surface area is 161 Å². The summed E-state index contributed by atoms with van der Waals surface area (Å²) in [7, 11) is 3.11. The van der Waals surface area contributed by atoms with Crippen LogP contribution in [-0.2, 0) is 6.54 Å². The Morgan fingerprint density at radius 3 is 2.71 bits per heavy atom. The average Bonchev–Trinajstić information content (AvgIpc) is 3.44. The molecule has 150 valence electrons. The molecule has 0 aromatic heterocycles. The molecule has 1 saturated carbocycles. The number of hydrogen-bond acceptors (Lipinski definition) is 3. The van der Waals surface area contributed by atoms with Gasteiger partial charge >= 0.3 is 6.61 Å². The number of hydrogen-bond donors (Lipinski definition) is 2. The summed E-state index contributed by atoms with van der Waals surface area (Å²) in [5.41, 5.74) is 1.18. The van der Waals surface area contributed by atoms with Gasteiger partial charge in [-0.2, -0.15) is 8.78 Å². The molecule has 0 radical (unpaired) electrons. The Balaban J connectivity index is 1.61. The van der Waals surface area contributed by atoms with E-state index in [-0.39, 0.29) is 30.1 Å². The van der Waals surface area contributed by atoms with Crippen LogP contribution in [0.25, 0.3) is 0 Å². The molecule has 3 rings (SSSR count). The summed E-state index contributed by atoms with van der Waals surface area (Å²) < 4.78 is 48.9. The summed E-state index contributed by atoms with van der Waals surface area (Å²) in [6, 6.07) is 11.4. The number of guanidine groups is 1. The van der Waals surface area contributed by atoms with E-state index in [4.69, 9.17) is 4.74 Å². The van der Waals surface area contributed by atoms with Crippen molar-refractivity contribution in [3.8, 4) is 11.5 Å². The van der Waals surface area contributed by atoms with Gasteiger partial charge in [0.1, 0.15) is 17.3 Å². The van der Waals surface area contributed by atoms with Crippen molar-refractivity contribution in [3.63, 3.8) is 0 Å². The number of methoxy groups -OCH3 is 1. The monoisotopic (exact) mass is 393 g/mol. The van der Waals surface area contributed by atoms with Crippen molar-refractivity contribution in [2.24, 2.45) is 4.99 Å². The topological polar surface area (TPSA) is 54.9 Å². The fourth-order valence-electron chi connectivity index (χ4n) is 3.06. The molecule has 0 spiro atoms. The summed E-state index contributed by atoms with van der Waals surface area (Å²) in [5.74, 6) is 0.950. The number of ether oxygens (including phenoxy) is 2. The SMILES string of the molecule is CN=C(NCc1cc(OC)ccc1OC(F)F)NC1CC1c1ccccc1F. The normalized spacial score (nSPS) is 18.7. The molecule has 2 atom stereocenters. The van der Waals surface area contributed by atoms with Crippen LogP contribution in [0.3, 0.4) is 0 Å². The highest BCUT2D eigenvalue weighted by atomic mass is 19.3. The van der Waals surface area contributed by atoms with E-state index in [1.807, 2.05) is 6.07 Å². The molecule has 1 aliphatic rings. The molecule has 0 amide bonds. The highest BCUT2D eigenvalue weighted by Gasteiger charge is 2.40. The summed E-state index contributed by atoms with van der Waals surface area (Å²) in [6.07, 6.45) is 0.792. The fourth-order valence-corrected chi connectivity index (χ4v) is 3.06. The predicted octanol–water partition coefficient (Wildman–Crippen LogP) is 3.66. The third-order valence-corrected chi connectivity index (χ3v) is 4.57. The van der Waals surface area contributed by atoms with Gasteiger partial charge in [-0.3, -0.25) is 4.99 Å². The third kappa shape index (κ3) is 4.88. The Hall–Kier alpha value is -2.90. The smallest absolute Gasteiger partial charge is 0.387 e. The zero-order valence-corrected chi connectivity index (χ0v) is 15.6. The van der Waals surface area contributed by atoms with Crippen LogP contribution in [0.4, 0.5) is 13.2 Å². The van der Waals surface area contributed by atoms with Gasteiger partial charge in [-0.05, 0) is 36.2 Å². The van der Waals surface area contributed by atoms with Crippen LogP contribution in [0, 0.1) is 5.82 Å². The lowest BCUT2D eigenvalue weighted by Crippen LogP contribution is -2.38. The van der Waals surface area contributed by atoms with Crippen LogP contribution in [0.5, 0.6) is 11.5 Å². The zero-order chi connectivity index (χ0) is 20.1. The van der Waals surface area contributed by atoms with E-state index in [1.165, 1.54) is 19.2 Å². The Bertz CT molecular complexity index is 845. The van der Waals surface area contributed by atoms with E-state index in [0.29, 0.717) is 22.8 Å². The minimum Gasteiger partial charge on any atom is -0.497 e. The molecule has 0 bridgehead atoms. The number of nitrogens with zero attached hydrogens (tertiary/aromatic N) is 1. The van der Waals surface area contributed by atoms with Crippen molar-refractivity contribution in [2.75, 3.05) is 14.2 Å². The summed E-state index contributed by atoms with van der Waals surface area (Å²) >= 11 is 0. The number of halogens is 3. The zero-order valence-electron chi connectivity index (χ0n) is 15.6. The van der Waals surface area contributed by atoms with Gasteiger partial charge in [-0.1, -0.05) is 18.2 Å². The second-order valence-corrected chi connectivity index (χ2v) is 6.39. The predicted molar refractivity (Wildman–Crippen MR) is 101 cm³/mol. The lowest BCUT2D eigenvalue weighted by Gasteiger charge is -2.15. The summed E-state index contributed by atoms with van der Waals surface area (Å²) in [6.45, 7) is -2.71. The molecule has 28 heavy (non-hydrogen) atoms. The largest absolute Gasteiger partial charge is 0.497 e. The maximum absolute atomic E-state index is 13.9. The van der Waals surface area contributed by atoms with E-state index in [1.54, 1.807) is 31.3 Å². The highest BCUT2D eigenvalue weighted by molar-refractivity contribution is 5.80. The van der Waals surface area contributed by atoms with E-state index in [9.17, 15) is 13.2 Å². The number of rotatable bonds is 7. The first-order chi connectivity index (χ1) is 13.5. The van der Waals surface area contributed by atoms with E-state index < -0.39 is 6.61 Å². The Morgan fingerprint density at radius 1 is 1.25 bits per heavy atom. The summed E-state index contributed by atoms with van der Waals surface area (Å²) in [4.78, 5) is 4.15. The standard InChI is InChI=1S/C20H22F3N3O2/c1-24-20(26-17-10-15(17)14-5-3-4-6-16(14)21)25-11-12-9-13(27-2)7-8-18(12)28-19(22)23/h3-9,15,17,19H,10-11H2,1-2H3,(H2,24,25,26). The van der Waals surface area contributed by atoms with Crippen molar-refractivity contribution in [2.45, 2.75) is 31.5 Å². The van der Waals surface area contributed by atoms with Crippen LogP contribution in [0.1, 0.15) is 23.5 Å². The van der Waals surface area contributed by atoms with E-state index >= 15 is 0 Å².